The maximum atomic E-state index is 12.8. The molecule has 2 atom stereocenters. The van der Waals surface area contributed by atoms with Gasteiger partial charge in [-0.2, -0.15) is 5.10 Å². The van der Waals surface area contributed by atoms with Crippen LogP contribution in [0.3, 0.4) is 0 Å². The molecule has 2 fully saturated rings. The molecule has 3 heterocycles. The van der Waals surface area contributed by atoms with E-state index in [4.69, 9.17) is 4.74 Å². The summed E-state index contributed by atoms with van der Waals surface area (Å²) in [5, 5.41) is 15.7. The predicted molar refractivity (Wildman–Crippen MR) is 112 cm³/mol. The van der Waals surface area contributed by atoms with Crippen molar-refractivity contribution in [3.8, 4) is 5.69 Å². The fourth-order valence-corrected chi connectivity index (χ4v) is 4.90. The SMILES string of the molecule is O=C(OCc1ccccc1)N1C2CCC1CC(O)(c1ccc(-n3cccn3)cc1)C2. The Labute approximate surface area is 175 Å². The zero-order chi connectivity index (χ0) is 20.6. The van der Waals surface area contributed by atoms with Gasteiger partial charge < -0.3 is 14.7 Å². The first-order valence-corrected chi connectivity index (χ1v) is 10.4. The summed E-state index contributed by atoms with van der Waals surface area (Å²) < 4.78 is 7.37. The third-order valence-corrected chi connectivity index (χ3v) is 6.36. The molecule has 1 N–H and O–H groups in total. The highest BCUT2D eigenvalue weighted by Crippen LogP contribution is 2.46. The molecule has 2 aromatic carbocycles. The van der Waals surface area contributed by atoms with Gasteiger partial charge in [-0.3, -0.25) is 0 Å². The molecule has 3 aromatic rings. The lowest BCUT2D eigenvalue weighted by atomic mass is 9.80. The second-order valence-corrected chi connectivity index (χ2v) is 8.27. The zero-order valence-corrected chi connectivity index (χ0v) is 16.7. The van der Waals surface area contributed by atoms with Gasteiger partial charge in [0.15, 0.2) is 0 Å². The summed E-state index contributed by atoms with van der Waals surface area (Å²) in [4.78, 5) is 14.6. The van der Waals surface area contributed by atoms with Crippen LogP contribution in [0.5, 0.6) is 0 Å². The molecule has 0 saturated carbocycles. The van der Waals surface area contributed by atoms with Crippen molar-refractivity contribution in [3.05, 3.63) is 84.2 Å². The fourth-order valence-electron chi connectivity index (χ4n) is 4.90. The topological polar surface area (TPSA) is 67.6 Å². The number of ether oxygens (including phenoxy) is 1. The summed E-state index contributed by atoms with van der Waals surface area (Å²) in [5.41, 5.74) is 1.90. The van der Waals surface area contributed by atoms with Gasteiger partial charge in [-0.1, -0.05) is 42.5 Å². The van der Waals surface area contributed by atoms with Gasteiger partial charge in [0.2, 0.25) is 0 Å². The molecule has 1 aromatic heterocycles. The number of rotatable bonds is 4. The lowest BCUT2D eigenvalue weighted by Crippen LogP contribution is -2.52. The first kappa shape index (κ1) is 18.9. The van der Waals surface area contributed by atoms with Crippen molar-refractivity contribution in [2.45, 2.75) is 50.0 Å². The molecule has 0 spiro atoms. The van der Waals surface area contributed by atoms with Gasteiger partial charge >= 0.3 is 6.09 Å². The van der Waals surface area contributed by atoms with Crippen molar-refractivity contribution in [2.24, 2.45) is 0 Å². The van der Waals surface area contributed by atoms with Crippen LogP contribution in [0.4, 0.5) is 4.79 Å². The van der Waals surface area contributed by atoms with Gasteiger partial charge in [0.05, 0.1) is 11.3 Å². The van der Waals surface area contributed by atoms with Gasteiger partial charge in [-0.15, -0.1) is 0 Å². The number of amides is 1. The second kappa shape index (κ2) is 7.61. The van der Waals surface area contributed by atoms with E-state index in [-0.39, 0.29) is 24.8 Å². The van der Waals surface area contributed by atoms with Gasteiger partial charge in [-0.05, 0) is 42.2 Å². The van der Waals surface area contributed by atoms with Gasteiger partial charge in [0.25, 0.3) is 0 Å². The van der Waals surface area contributed by atoms with E-state index in [0.717, 1.165) is 29.7 Å². The minimum Gasteiger partial charge on any atom is -0.445 e. The van der Waals surface area contributed by atoms with Gasteiger partial charge in [-0.25, -0.2) is 9.48 Å². The summed E-state index contributed by atoms with van der Waals surface area (Å²) in [6.45, 7) is 0.273. The minimum atomic E-state index is -0.926. The maximum Gasteiger partial charge on any atom is 0.410 e. The van der Waals surface area contributed by atoms with E-state index in [1.54, 1.807) is 10.9 Å². The molecule has 30 heavy (non-hydrogen) atoms. The molecule has 2 saturated heterocycles. The van der Waals surface area contributed by atoms with Crippen molar-refractivity contribution in [1.29, 1.82) is 0 Å². The molecule has 5 rings (SSSR count). The number of aliphatic hydroxyl groups is 1. The molecule has 0 radical (unpaired) electrons. The normalized spacial score (nSPS) is 25.3. The molecule has 6 heteroatoms. The largest absolute Gasteiger partial charge is 0.445 e. The second-order valence-electron chi connectivity index (χ2n) is 8.27. The molecule has 154 valence electrons. The van der Waals surface area contributed by atoms with Crippen LogP contribution in [0.15, 0.2) is 73.1 Å². The van der Waals surface area contributed by atoms with E-state index < -0.39 is 5.60 Å². The number of hydrogen-bond donors (Lipinski definition) is 1. The molecule has 2 bridgehead atoms. The lowest BCUT2D eigenvalue weighted by molar-refractivity contribution is -0.0536. The highest BCUT2D eigenvalue weighted by molar-refractivity contribution is 5.69. The molecular formula is C24H25N3O3. The molecule has 2 unspecified atom stereocenters. The van der Waals surface area contributed by atoms with E-state index in [9.17, 15) is 9.90 Å². The molecular weight excluding hydrogens is 378 g/mol. The minimum absolute atomic E-state index is 0.00261. The summed E-state index contributed by atoms with van der Waals surface area (Å²) in [5.74, 6) is 0. The predicted octanol–water partition coefficient (Wildman–Crippen LogP) is 4.02. The average Bonchev–Trinajstić information content (AvgIpc) is 3.40. The van der Waals surface area contributed by atoms with E-state index >= 15 is 0 Å². The zero-order valence-electron chi connectivity index (χ0n) is 16.7. The van der Waals surface area contributed by atoms with Crippen molar-refractivity contribution < 1.29 is 14.6 Å². The number of aromatic nitrogens is 2. The first-order chi connectivity index (χ1) is 14.6. The fraction of sp³-hybridized carbons (Fsp3) is 0.333. The summed E-state index contributed by atoms with van der Waals surface area (Å²) in [6, 6.07) is 19.5. The van der Waals surface area contributed by atoms with E-state index in [1.807, 2.05) is 71.8 Å². The Morgan fingerprint density at radius 2 is 1.73 bits per heavy atom. The number of carbonyl (C=O) groups excluding carboxylic acids is 1. The van der Waals surface area contributed by atoms with Crippen LogP contribution in [0.1, 0.15) is 36.8 Å². The Balaban J connectivity index is 1.28. The lowest BCUT2D eigenvalue weighted by Gasteiger charge is -2.43. The van der Waals surface area contributed by atoms with Crippen LogP contribution >= 0.6 is 0 Å². The van der Waals surface area contributed by atoms with Gasteiger partial charge in [0.1, 0.15) is 6.61 Å². The Morgan fingerprint density at radius 3 is 2.37 bits per heavy atom. The highest BCUT2D eigenvalue weighted by atomic mass is 16.6. The molecule has 0 aliphatic carbocycles. The van der Waals surface area contributed by atoms with Gasteiger partial charge in [0, 0.05) is 37.3 Å². The summed E-state index contributed by atoms with van der Waals surface area (Å²) in [7, 11) is 0. The first-order valence-electron chi connectivity index (χ1n) is 10.4. The Morgan fingerprint density at radius 1 is 1.03 bits per heavy atom. The molecule has 2 aliphatic heterocycles. The number of hydrogen-bond acceptors (Lipinski definition) is 4. The van der Waals surface area contributed by atoms with E-state index in [2.05, 4.69) is 5.10 Å². The third-order valence-electron chi connectivity index (χ3n) is 6.36. The van der Waals surface area contributed by atoms with Crippen molar-refractivity contribution in [3.63, 3.8) is 0 Å². The smallest absolute Gasteiger partial charge is 0.410 e. The Hall–Kier alpha value is -3.12. The maximum absolute atomic E-state index is 12.8. The number of carbonyl (C=O) groups is 1. The summed E-state index contributed by atoms with van der Waals surface area (Å²) >= 11 is 0. The number of fused-ring (bicyclic) bond motifs is 2. The van der Waals surface area contributed by atoms with Crippen molar-refractivity contribution in [2.75, 3.05) is 0 Å². The average molecular weight is 403 g/mol. The monoisotopic (exact) mass is 403 g/mol. The number of benzene rings is 2. The van der Waals surface area contributed by atoms with Crippen LogP contribution in [-0.4, -0.2) is 38.0 Å². The number of piperidine rings is 1. The Kier molecular flexibility index (Phi) is 4.79. The van der Waals surface area contributed by atoms with Crippen molar-refractivity contribution in [1.82, 2.24) is 14.7 Å². The standard InChI is InChI=1S/C24H25N3O3/c28-23(30-17-18-5-2-1-3-6-18)27-21-11-12-22(27)16-24(29,15-21)19-7-9-20(10-8-19)26-14-4-13-25-26/h1-10,13-14,21-22,29H,11-12,15-17H2. The Bertz CT molecular complexity index is 988. The van der Waals surface area contributed by atoms with Crippen LogP contribution < -0.4 is 0 Å². The molecule has 6 nitrogen and oxygen atoms in total. The van der Waals surface area contributed by atoms with Crippen LogP contribution in [0.2, 0.25) is 0 Å². The van der Waals surface area contributed by atoms with Crippen LogP contribution in [0, 0.1) is 0 Å². The summed E-state index contributed by atoms with van der Waals surface area (Å²) in [6.07, 6.45) is 6.23. The third kappa shape index (κ3) is 3.48. The molecule has 2 aliphatic rings. The quantitative estimate of drug-likeness (QED) is 0.714. The van der Waals surface area contributed by atoms with Crippen LogP contribution in [-0.2, 0) is 16.9 Å². The van der Waals surface area contributed by atoms with E-state index in [0.29, 0.717) is 12.8 Å². The molecule has 1 amide bonds. The van der Waals surface area contributed by atoms with Crippen LogP contribution in [0.25, 0.3) is 5.69 Å². The number of nitrogens with zero attached hydrogens (tertiary/aromatic N) is 3. The van der Waals surface area contributed by atoms with Crippen molar-refractivity contribution >= 4 is 6.09 Å². The highest BCUT2D eigenvalue weighted by Gasteiger charge is 2.50. The van der Waals surface area contributed by atoms with E-state index in [1.165, 1.54) is 0 Å².